The van der Waals surface area contributed by atoms with Crippen LogP contribution in [-0.2, 0) is 6.42 Å². The molecule has 0 heterocycles. The van der Waals surface area contributed by atoms with Crippen molar-refractivity contribution in [2.75, 3.05) is 13.7 Å². The van der Waals surface area contributed by atoms with Gasteiger partial charge in [-0.25, -0.2) is 0 Å². The molecule has 0 aliphatic heterocycles. The van der Waals surface area contributed by atoms with Gasteiger partial charge in [0.2, 0.25) is 0 Å². The first-order chi connectivity index (χ1) is 5.36. The molecule has 1 aromatic carbocycles. The van der Waals surface area contributed by atoms with Crippen molar-refractivity contribution in [1.82, 2.24) is 0 Å². The fourth-order valence-electron chi connectivity index (χ4n) is 0.929. The number of ether oxygens (including phenoxy) is 1. The van der Waals surface area contributed by atoms with Crippen LogP contribution >= 0.6 is 0 Å². The van der Waals surface area contributed by atoms with Crippen molar-refractivity contribution in [3.05, 3.63) is 29.8 Å². The Balaban J connectivity index is 2.74. The Morgan fingerprint density at radius 1 is 1.64 bits per heavy atom. The molecule has 0 saturated carbocycles. The van der Waals surface area contributed by atoms with E-state index in [4.69, 9.17) is 10.5 Å². The summed E-state index contributed by atoms with van der Waals surface area (Å²) in [5, 5.41) is 0. The number of rotatable bonds is 3. The second kappa shape index (κ2) is 3.98. The SMILES string of the molecule is COc1[c]ccc(CCN)c1. The van der Waals surface area contributed by atoms with Gasteiger partial charge >= 0.3 is 0 Å². The summed E-state index contributed by atoms with van der Waals surface area (Å²) < 4.78 is 5.00. The Kier molecular flexibility index (Phi) is 2.93. The van der Waals surface area contributed by atoms with Crippen LogP contribution in [0.1, 0.15) is 5.56 Å². The van der Waals surface area contributed by atoms with E-state index < -0.39 is 0 Å². The first kappa shape index (κ1) is 8.08. The van der Waals surface area contributed by atoms with Gasteiger partial charge in [0, 0.05) is 6.07 Å². The second-order valence-electron chi connectivity index (χ2n) is 2.30. The molecular weight excluding hydrogens is 138 g/mol. The van der Waals surface area contributed by atoms with Gasteiger partial charge in [-0.05, 0) is 24.6 Å². The molecule has 2 N–H and O–H groups in total. The van der Waals surface area contributed by atoms with Crippen molar-refractivity contribution in [2.45, 2.75) is 6.42 Å². The van der Waals surface area contributed by atoms with Crippen LogP contribution in [0.3, 0.4) is 0 Å². The highest BCUT2D eigenvalue weighted by Gasteiger charge is 1.93. The zero-order valence-corrected chi connectivity index (χ0v) is 6.63. The van der Waals surface area contributed by atoms with Crippen LogP contribution < -0.4 is 10.5 Å². The predicted molar refractivity (Wildman–Crippen MR) is 44.6 cm³/mol. The third-order valence-corrected chi connectivity index (χ3v) is 1.49. The molecule has 11 heavy (non-hydrogen) atoms. The van der Waals surface area contributed by atoms with Crippen LogP contribution in [0.2, 0.25) is 0 Å². The van der Waals surface area contributed by atoms with E-state index >= 15 is 0 Å². The van der Waals surface area contributed by atoms with Gasteiger partial charge < -0.3 is 10.5 Å². The largest absolute Gasteiger partial charge is 0.496 e. The molecule has 0 atom stereocenters. The van der Waals surface area contributed by atoms with Crippen LogP contribution in [0.15, 0.2) is 18.2 Å². The number of hydrogen-bond acceptors (Lipinski definition) is 2. The molecule has 0 spiro atoms. The Morgan fingerprint density at radius 2 is 2.45 bits per heavy atom. The summed E-state index contributed by atoms with van der Waals surface area (Å²) in [5.41, 5.74) is 6.60. The van der Waals surface area contributed by atoms with E-state index in [1.54, 1.807) is 7.11 Å². The average Bonchev–Trinajstić information content (AvgIpc) is 2.06. The summed E-state index contributed by atoms with van der Waals surface area (Å²) in [6.07, 6.45) is 0.894. The zero-order valence-electron chi connectivity index (χ0n) is 6.63. The van der Waals surface area contributed by atoms with Gasteiger partial charge in [-0.15, -0.1) is 0 Å². The molecule has 0 saturated heterocycles. The third-order valence-electron chi connectivity index (χ3n) is 1.49. The van der Waals surface area contributed by atoms with Gasteiger partial charge in [-0.3, -0.25) is 0 Å². The Hall–Kier alpha value is -1.02. The smallest absolute Gasteiger partial charge is 0.127 e. The Morgan fingerprint density at radius 3 is 3.09 bits per heavy atom. The van der Waals surface area contributed by atoms with Crippen molar-refractivity contribution < 1.29 is 4.74 Å². The molecule has 1 radical (unpaired) electrons. The summed E-state index contributed by atoms with van der Waals surface area (Å²) >= 11 is 0. The van der Waals surface area contributed by atoms with Gasteiger partial charge in [-0.1, -0.05) is 12.1 Å². The quantitative estimate of drug-likeness (QED) is 0.697. The maximum atomic E-state index is 5.40. The van der Waals surface area contributed by atoms with E-state index in [9.17, 15) is 0 Å². The highest BCUT2D eigenvalue weighted by molar-refractivity contribution is 5.27. The van der Waals surface area contributed by atoms with Crippen molar-refractivity contribution in [2.24, 2.45) is 5.73 Å². The van der Waals surface area contributed by atoms with Gasteiger partial charge in [0.15, 0.2) is 0 Å². The highest BCUT2D eigenvalue weighted by atomic mass is 16.5. The third kappa shape index (κ3) is 2.24. The first-order valence-electron chi connectivity index (χ1n) is 3.61. The highest BCUT2D eigenvalue weighted by Crippen LogP contribution is 2.11. The fraction of sp³-hybridized carbons (Fsp3) is 0.333. The summed E-state index contributed by atoms with van der Waals surface area (Å²) in [4.78, 5) is 0. The molecule has 0 unspecified atom stereocenters. The van der Waals surface area contributed by atoms with Crippen molar-refractivity contribution >= 4 is 0 Å². The topological polar surface area (TPSA) is 35.2 Å². The van der Waals surface area contributed by atoms with Crippen LogP contribution in [0.25, 0.3) is 0 Å². The molecule has 0 bridgehead atoms. The van der Waals surface area contributed by atoms with Crippen molar-refractivity contribution in [1.29, 1.82) is 0 Å². The van der Waals surface area contributed by atoms with E-state index in [1.165, 1.54) is 5.56 Å². The number of methoxy groups -OCH3 is 1. The number of benzene rings is 1. The minimum absolute atomic E-state index is 0.674. The van der Waals surface area contributed by atoms with Crippen LogP contribution in [0.5, 0.6) is 5.75 Å². The van der Waals surface area contributed by atoms with Crippen LogP contribution in [-0.4, -0.2) is 13.7 Å². The fourth-order valence-corrected chi connectivity index (χ4v) is 0.929. The molecule has 0 aliphatic rings. The molecule has 0 aliphatic carbocycles. The van der Waals surface area contributed by atoms with E-state index in [-0.39, 0.29) is 0 Å². The standard InChI is InChI=1S/C9H12NO/c1-11-9-4-2-3-8(7-9)5-6-10/h2-3,7H,5-6,10H2,1H3. The summed E-state index contributed by atoms with van der Waals surface area (Å²) in [5.74, 6) is 0.774. The van der Waals surface area contributed by atoms with Crippen molar-refractivity contribution in [3.63, 3.8) is 0 Å². The summed E-state index contributed by atoms with van der Waals surface area (Å²) in [6.45, 7) is 0.674. The zero-order chi connectivity index (χ0) is 8.10. The number of nitrogens with two attached hydrogens (primary N) is 1. The average molecular weight is 150 g/mol. The molecule has 2 heteroatoms. The summed E-state index contributed by atoms with van der Waals surface area (Å²) in [6, 6.07) is 8.75. The van der Waals surface area contributed by atoms with E-state index in [2.05, 4.69) is 6.07 Å². The van der Waals surface area contributed by atoms with E-state index in [0.29, 0.717) is 6.54 Å². The Labute approximate surface area is 67.0 Å². The molecule has 59 valence electrons. The van der Waals surface area contributed by atoms with E-state index in [1.807, 2.05) is 18.2 Å². The molecule has 0 amide bonds. The predicted octanol–water partition coefficient (Wildman–Crippen LogP) is 0.997. The van der Waals surface area contributed by atoms with Gasteiger partial charge in [-0.2, -0.15) is 0 Å². The molecule has 1 aromatic rings. The maximum absolute atomic E-state index is 5.40. The van der Waals surface area contributed by atoms with Crippen LogP contribution in [0, 0.1) is 6.07 Å². The normalized spacial score (nSPS) is 9.64. The minimum atomic E-state index is 0.674. The van der Waals surface area contributed by atoms with E-state index in [0.717, 1.165) is 12.2 Å². The molecule has 1 rings (SSSR count). The number of hydrogen-bond donors (Lipinski definition) is 1. The second-order valence-corrected chi connectivity index (χ2v) is 2.30. The molecule has 0 fully saturated rings. The molecule has 2 nitrogen and oxygen atoms in total. The van der Waals surface area contributed by atoms with Gasteiger partial charge in [0.25, 0.3) is 0 Å². The Bertz CT molecular complexity index is 223. The van der Waals surface area contributed by atoms with Crippen LogP contribution in [0.4, 0.5) is 0 Å². The lowest BCUT2D eigenvalue weighted by Crippen LogP contribution is -2.02. The van der Waals surface area contributed by atoms with Gasteiger partial charge in [0.05, 0.1) is 7.11 Å². The lowest BCUT2D eigenvalue weighted by atomic mass is 10.1. The monoisotopic (exact) mass is 150 g/mol. The maximum Gasteiger partial charge on any atom is 0.127 e. The first-order valence-corrected chi connectivity index (χ1v) is 3.61. The minimum Gasteiger partial charge on any atom is -0.496 e. The lowest BCUT2D eigenvalue weighted by Gasteiger charge is -2.01. The molecule has 0 aromatic heterocycles. The summed E-state index contributed by atoms with van der Waals surface area (Å²) in [7, 11) is 1.64. The molecular formula is C9H12NO. The van der Waals surface area contributed by atoms with Crippen molar-refractivity contribution in [3.8, 4) is 5.75 Å². The van der Waals surface area contributed by atoms with Gasteiger partial charge in [0.1, 0.15) is 5.75 Å². The lowest BCUT2D eigenvalue weighted by molar-refractivity contribution is 0.413.